The van der Waals surface area contributed by atoms with E-state index in [0.29, 0.717) is 5.71 Å². The summed E-state index contributed by atoms with van der Waals surface area (Å²) in [5.74, 6) is 0. The van der Waals surface area contributed by atoms with E-state index in [1.54, 1.807) is 0 Å². The number of thioether (sulfide) groups is 1. The van der Waals surface area contributed by atoms with Crippen LogP contribution < -0.4 is 0 Å². The summed E-state index contributed by atoms with van der Waals surface area (Å²) in [5, 5.41) is 14.3. The average molecular weight is 726 g/mol. The molecular formula is C53H43NS. The van der Waals surface area contributed by atoms with E-state index in [9.17, 15) is 5.41 Å². The number of benzene rings is 8. The molecule has 0 aliphatic carbocycles. The molecule has 0 amide bonds. The molecule has 0 bridgehead atoms. The Morgan fingerprint density at radius 1 is 0.618 bits per heavy atom. The number of aryl methyl sites for hydroxylation is 1. The quantitative estimate of drug-likeness (QED) is 0.0801. The summed E-state index contributed by atoms with van der Waals surface area (Å²) in [6.07, 6.45) is 4.83. The fourth-order valence-corrected chi connectivity index (χ4v) is 8.97. The second-order valence-electron chi connectivity index (χ2n) is 14.2. The van der Waals surface area contributed by atoms with Crippen molar-refractivity contribution in [3.63, 3.8) is 0 Å². The lowest BCUT2D eigenvalue weighted by Gasteiger charge is -2.21. The van der Waals surface area contributed by atoms with Gasteiger partial charge < -0.3 is 5.41 Å². The molecule has 1 unspecified atom stereocenters. The van der Waals surface area contributed by atoms with Crippen LogP contribution in [-0.4, -0.2) is 5.71 Å². The molecule has 55 heavy (non-hydrogen) atoms. The highest BCUT2D eigenvalue weighted by Crippen LogP contribution is 2.47. The van der Waals surface area contributed by atoms with Gasteiger partial charge in [0.1, 0.15) is 0 Å². The van der Waals surface area contributed by atoms with Gasteiger partial charge in [-0.15, -0.1) is 11.8 Å². The minimum absolute atomic E-state index is 0.160. The van der Waals surface area contributed by atoms with Crippen LogP contribution in [-0.2, 0) is 6.42 Å². The first-order chi connectivity index (χ1) is 27.0. The van der Waals surface area contributed by atoms with E-state index in [-0.39, 0.29) is 5.25 Å². The molecule has 266 valence electrons. The predicted molar refractivity (Wildman–Crippen MR) is 238 cm³/mol. The highest BCUT2D eigenvalue weighted by molar-refractivity contribution is 8.00. The zero-order chi connectivity index (χ0) is 37.7. The molecule has 1 nitrogen and oxygen atoms in total. The molecule has 2 heteroatoms. The lowest BCUT2D eigenvalue weighted by Crippen LogP contribution is -2.00. The fourth-order valence-electron chi connectivity index (χ4n) is 7.69. The molecule has 0 aliphatic rings. The number of hydrogen-bond donors (Lipinski definition) is 1. The van der Waals surface area contributed by atoms with Crippen molar-refractivity contribution in [2.24, 2.45) is 0 Å². The summed E-state index contributed by atoms with van der Waals surface area (Å²) in [5.41, 5.74) is 13.2. The van der Waals surface area contributed by atoms with Crippen molar-refractivity contribution in [2.45, 2.75) is 30.4 Å². The van der Waals surface area contributed by atoms with Crippen molar-refractivity contribution < 1.29 is 0 Å². The topological polar surface area (TPSA) is 23.9 Å². The molecule has 1 atom stereocenters. The van der Waals surface area contributed by atoms with Crippen LogP contribution in [0.4, 0.5) is 0 Å². The van der Waals surface area contributed by atoms with E-state index in [4.69, 9.17) is 0 Å². The van der Waals surface area contributed by atoms with Crippen LogP contribution in [0.1, 0.15) is 34.4 Å². The van der Waals surface area contributed by atoms with Crippen molar-refractivity contribution in [2.75, 3.05) is 0 Å². The van der Waals surface area contributed by atoms with Gasteiger partial charge in [0.25, 0.3) is 0 Å². The second-order valence-corrected chi connectivity index (χ2v) is 15.3. The van der Waals surface area contributed by atoms with Crippen LogP contribution in [0.25, 0.3) is 54.9 Å². The van der Waals surface area contributed by atoms with E-state index in [0.717, 1.165) is 39.8 Å². The Morgan fingerprint density at radius 2 is 1.25 bits per heavy atom. The Labute approximate surface area is 329 Å². The summed E-state index contributed by atoms with van der Waals surface area (Å²) in [4.78, 5) is 1.29. The number of hydrogen-bond acceptors (Lipinski definition) is 2. The normalized spacial score (nSPS) is 12.0. The van der Waals surface area contributed by atoms with Gasteiger partial charge in [-0.25, -0.2) is 0 Å². The van der Waals surface area contributed by atoms with Gasteiger partial charge in [0.15, 0.2) is 0 Å². The maximum Gasteiger partial charge on any atom is 0.0615 e. The van der Waals surface area contributed by atoms with E-state index in [1.807, 2.05) is 30.0 Å². The lowest BCUT2D eigenvalue weighted by atomic mass is 9.85. The molecule has 0 aliphatic heterocycles. The molecule has 8 aromatic carbocycles. The van der Waals surface area contributed by atoms with Crippen molar-refractivity contribution in [1.29, 1.82) is 5.41 Å². The van der Waals surface area contributed by atoms with Crippen LogP contribution in [0.15, 0.2) is 205 Å². The van der Waals surface area contributed by atoms with E-state index in [2.05, 4.69) is 190 Å². The highest BCUT2D eigenvalue weighted by atomic mass is 32.2. The molecule has 8 aromatic rings. The third-order valence-electron chi connectivity index (χ3n) is 10.3. The number of fused-ring (bicyclic) bond motifs is 2. The molecule has 1 N–H and O–H groups in total. The van der Waals surface area contributed by atoms with Gasteiger partial charge in [-0.1, -0.05) is 182 Å². The first-order valence-corrected chi connectivity index (χ1v) is 19.7. The van der Waals surface area contributed by atoms with Crippen LogP contribution in [0, 0.1) is 12.3 Å². The smallest absolute Gasteiger partial charge is 0.0615 e. The molecule has 0 saturated carbocycles. The zero-order valence-corrected chi connectivity index (χ0v) is 32.1. The van der Waals surface area contributed by atoms with E-state index < -0.39 is 0 Å². The monoisotopic (exact) mass is 725 g/mol. The first kappa shape index (κ1) is 35.8. The zero-order valence-electron chi connectivity index (χ0n) is 31.3. The first-order valence-electron chi connectivity index (χ1n) is 18.9. The third kappa shape index (κ3) is 7.47. The SMILES string of the molecule is C=C(C)C(Sc1c(C)cc(-c2cccc(-c3ccc4ccccc4c3-c3ccccc3C(=N)/C=C\Cc3ccccc3)c2)c2ccccc12)c1ccccc1. The summed E-state index contributed by atoms with van der Waals surface area (Å²) < 4.78 is 0. The molecule has 0 aromatic heterocycles. The molecule has 0 radical (unpaired) electrons. The van der Waals surface area contributed by atoms with Crippen LogP contribution in [0.5, 0.6) is 0 Å². The Hall–Kier alpha value is -6.22. The van der Waals surface area contributed by atoms with Crippen molar-refractivity contribution in [3.05, 3.63) is 222 Å². The fraction of sp³-hybridized carbons (Fsp3) is 0.0755. The van der Waals surface area contributed by atoms with Crippen molar-refractivity contribution >= 4 is 39.0 Å². The van der Waals surface area contributed by atoms with Crippen molar-refractivity contribution in [1.82, 2.24) is 0 Å². The van der Waals surface area contributed by atoms with Gasteiger partial charge >= 0.3 is 0 Å². The van der Waals surface area contributed by atoms with Gasteiger partial charge in [-0.2, -0.15) is 0 Å². The van der Waals surface area contributed by atoms with Crippen molar-refractivity contribution in [3.8, 4) is 33.4 Å². The van der Waals surface area contributed by atoms with Crippen LogP contribution >= 0.6 is 11.8 Å². The Morgan fingerprint density at radius 3 is 2.02 bits per heavy atom. The van der Waals surface area contributed by atoms with E-state index in [1.165, 1.54) is 54.3 Å². The number of allylic oxidation sites excluding steroid dienone is 2. The third-order valence-corrected chi connectivity index (χ3v) is 12.0. The lowest BCUT2D eigenvalue weighted by molar-refractivity contribution is 1.11. The summed E-state index contributed by atoms with van der Waals surface area (Å²) >= 11 is 1.90. The second kappa shape index (κ2) is 16.0. The molecule has 0 heterocycles. The molecule has 0 saturated heterocycles. The Kier molecular flexibility index (Phi) is 10.4. The van der Waals surface area contributed by atoms with Crippen LogP contribution in [0.3, 0.4) is 0 Å². The van der Waals surface area contributed by atoms with Crippen LogP contribution in [0.2, 0.25) is 0 Å². The maximum absolute atomic E-state index is 9.25. The maximum atomic E-state index is 9.25. The Balaban J connectivity index is 1.23. The molecule has 0 spiro atoms. The predicted octanol–water partition coefficient (Wildman–Crippen LogP) is 14.9. The largest absolute Gasteiger partial charge is 0.300 e. The minimum Gasteiger partial charge on any atom is -0.300 e. The number of nitrogens with one attached hydrogen (secondary N) is 1. The summed E-state index contributed by atoms with van der Waals surface area (Å²) in [6, 6.07) is 62.8. The molecule has 8 rings (SSSR count). The number of rotatable bonds is 11. The van der Waals surface area contributed by atoms with Gasteiger partial charge in [-0.05, 0) is 110 Å². The Bertz CT molecular complexity index is 2710. The van der Waals surface area contributed by atoms with Gasteiger partial charge in [0, 0.05) is 10.5 Å². The minimum atomic E-state index is 0.160. The van der Waals surface area contributed by atoms with E-state index >= 15 is 0 Å². The summed E-state index contributed by atoms with van der Waals surface area (Å²) in [6.45, 7) is 8.77. The van der Waals surface area contributed by atoms with Gasteiger partial charge in [-0.3, -0.25) is 0 Å². The van der Waals surface area contributed by atoms with Gasteiger partial charge in [0.2, 0.25) is 0 Å². The summed E-state index contributed by atoms with van der Waals surface area (Å²) in [7, 11) is 0. The van der Waals surface area contributed by atoms with Gasteiger partial charge in [0.05, 0.1) is 11.0 Å². The average Bonchev–Trinajstić information content (AvgIpc) is 3.23. The standard InChI is InChI=1S/C53H43NS/c1-36(2)52(40-22-8-5-9-23-40)55-53-37(3)34-49(45-27-12-15-30-48(45)53)42-25-17-24-41(35-42)44-33-32-39-21-10-11-26-43(39)51(44)47-29-14-13-28-46(47)50(54)31-16-20-38-18-6-4-7-19-38/h4-19,21-35,52,54H,1,20H2,2-3H3/b31-16-,54-50?. The highest BCUT2D eigenvalue weighted by Gasteiger charge is 2.20. The molecule has 0 fully saturated rings. The molecular weight excluding hydrogens is 683 g/mol.